The fraction of sp³-hybridized carbons (Fsp3) is 0.769. The number of rotatable bonds is 3. The lowest BCUT2D eigenvalue weighted by atomic mass is 10.2. The lowest BCUT2D eigenvalue weighted by molar-refractivity contribution is -0.131. The molecule has 0 aromatic heterocycles. The summed E-state index contributed by atoms with van der Waals surface area (Å²) in [6.45, 7) is 2.96. The van der Waals surface area contributed by atoms with Gasteiger partial charge in [0.1, 0.15) is 0 Å². The van der Waals surface area contributed by atoms with Gasteiger partial charge in [0.2, 0.25) is 0 Å². The van der Waals surface area contributed by atoms with E-state index in [1.807, 2.05) is 0 Å². The molecule has 0 heterocycles. The normalized spacial score (nSPS) is 21.5. The molecule has 2 aliphatic rings. The first-order chi connectivity index (χ1) is 7.72. The van der Waals surface area contributed by atoms with Crippen molar-refractivity contribution in [3.8, 4) is 0 Å². The average molecular weight is 226 g/mol. The Morgan fingerprint density at radius 2 is 1.38 bits per heavy atom. The molecule has 0 amide bonds. The van der Waals surface area contributed by atoms with E-state index in [2.05, 4.69) is 6.58 Å². The second-order valence-electron chi connectivity index (χ2n) is 4.49. The SMILES string of the molecule is C1CCC(OC2CCCC2)C1.C=CC(=O)O. The molecule has 0 saturated heterocycles. The van der Waals surface area contributed by atoms with Crippen LogP contribution in [0.25, 0.3) is 0 Å². The largest absolute Gasteiger partial charge is 0.478 e. The van der Waals surface area contributed by atoms with Crippen LogP contribution in [-0.2, 0) is 9.53 Å². The van der Waals surface area contributed by atoms with Crippen LogP contribution in [0.15, 0.2) is 12.7 Å². The first-order valence-electron chi connectivity index (χ1n) is 6.23. The second-order valence-corrected chi connectivity index (χ2v) is 4.49. The Morgan fingerprint density at radius 1 is 1.06 bits per heavy atom. The second kappa shape index (κ2) is 7.44. The van der Waals surface area contributed by atoms with Crippen LogP contribution in [0.2, 0.25) is 0 Å². The summed E-state index contributed by atoms with van der Waals surface area (Å²) in [4.78, 5) is 9.25. The first kappa shape index (κ1) is 13.2. The van der Waals surface area contributed by atoms with Crippen LogP contribution in [-0.4, -0.2) is 23.3 Å². The number of hydrogen-bond acceptors (Lipinski definition) is 2. The minimum atomic E-state index is -0.981. The molecule has 2 aliphatic carbocycles. The van der Waals surface area contributed by atoms with Crippen molar-refractivity contribution in [1.82, 2.24) is 0 Å². The first-order valence-corrected chi connectivity index (χ1v) is 6.23. The van der Waals surface area contributed by atoms with Gasteiger partial charge in [0.25, 0.3) is 0 Å². The van der Waals surface area contributed by atoms with Crippen molar-refractivity contribution in [1.29, 1.82) is 0 Å². The molecule has 0 aromatic rings. The molecule has 0 unspecified atom stereocenters. The van der Waals surface area contributed by atoms with E-state index in [-0.39, 0.29) is 0 Å². The van der Waals surface area contributed by atoms with E-state index in [0.717, 1.165) is 6.08 Å². The predicted molar refractivity (Wildman–Crippen MR) is 63.4 cm³/mol. The molecule has 2 fully saturated rings. The summed E-state index contributed by atoms with van der Waals surface area (Å²) in [6.07, 6.45) is 13.0. The highest BCUT2D eigenvalue weighted by Gasteiger charge is 2.22. The third kappa shape index (κ3) is 5.31. The molecule has 16 heavy (non-hydrogen) atoms. The Hall–Kier alpha value is -0.830. The maximum absolute atomic E-state index is 9.25. The average Bonchev–Trinajstić information content (AvgIpc) is 2.92. The Labute approximate surface area is 97.5 Å². The van der Waals surface area contributed by atoms with Gasteiger partial charge in [-0.25, -0.2) is 4.79 Å². The van der Waals surface area contributed by atoms with E-state index >= 15 is 0 Å². The molecule has 0 bridgehead atoms. The number of aliphatic carboxylic acids is 1. The molecule has 0 spiro atoms. The molecule has 0 radical (unpaired) electrons. The lowest BCUT2D eigenvalue weighted by Gasteiger charge is -2.16. The molecule has 0 aromatic carbocycles. The number of ether oxygens (including phenoxy) is 1. The standard InChI is InChI=1S/C10H18O.C3H4O2/c1-2-6-9(5-1)11-10-7-3-4-8-10;1-2-3(4)5/h9-10H,1-8H2;2H,1H2,(H,4,5). The zero-order valence-corrected chi connectivity index (χ0v) is 9.86. The zero-order chi connectivity index (χ0) is 11.8. The third-order valence-electron chi connectivity index (χ3n) is 3.16. The Kier molecular flexibility index (Phi) is 6.16. The molecule has 0 atom stereocenters. The Bertz CT molecular complexity index is 199. The summed E-state index contributed by atoms with van der Waals surface area (Å²) in [5, 5.41) is 7.60. The number of carboxylic acids is 1. The van der Waals surface area contributed by atoms with Crippen LogP contribution in [0.1, 0.15) is 51.4 Å². The van der Waals surface area contributed by atoms with E-state index in [0.29, 0.717) is 12.2 Å². The van der Waals surface area contributed by atoms with Crippen LogP contribution in [0.4, 0.5) is 0 Å². The fourth-order valence-electron chi connectivity index (χ4n) is 2.32. The molecular formula is C13H22O3. The number of carbonyl (C=O) groups is 1. The monoisotopic (exact) mass is 226 g/mol. The summed E-state index contributed by atoms with van der Waals surface area (Å²) in [7, 11) is 0. The van der Waals surface area contributed by atoms with Crippen molar-refractivity contribution < 1.29 is 14.6 Å². The fourth-order valence-corrected chi connectivity index (χ4v) is 2.32. The Balaban J connectivity index is 0.000000221. The zero-order valence-electron chi connectivity index (χ0n) is 9.86. The van der Waals surface area contributed by atoms with Gasteiger partial charge in [0.15, 0.2) is 0 Å². The molecule has 2 rings (SSSR count). The summed E-state index contributed by atoms with van der Waals surface area (Å²) in [5.74, 6) is -0.981. The molecule has 3 heteroatoms. The van der Waals surface area contributed by atoms with Crippen molar-refractivity contribution >= 4 is 5.97 Å². The van der Waals surface area contributed by atoms with E-state index in [1.54, 1.807) is 0 Å². The maximum atomic E-state index is 9.25. The minimum Gasteiger partial charge on any atom is -0.478 e. The summed E-state index contributed by atoms with van der Waals surface area (Å²) < 4.78 is 5.97. The molecule has 1 N–H and O–H groups in total. The molecule has 92 valence electrons. The van der Waals surface area contributed by atoms with Gasteiger partial charge in [0.05, 0.1) is 12.2 Å². The van der Waals surface area contributed by atoms with Gasteiger partial charge in [0, 0.05) is 6.08 Å². The lowest BCUT2D eigenvalue weighted by Crippen LogP contribution is -2.16. The van der Waals surface area contributed by atoms with Crippen molar-refractivity contribution in [2.45, 2.75) is 63.6 Å². The van der Waals surface area contributed by atoms with Gasteiger partial charge in [-0.15, -0.1) is 0 Å². The van der Waals surface area contributed by atoms with Gasteiger partial charge in [-0.3, -0.25) is 0 Å². The highest BCUT2D eigenvalue weighted by Crippen LogP contribution is 2.28. The van der Waals surface area contributed by atoms with Crippen molar-refractivity contribution in [2.75, 3.05) is 0 Å². The van der Waals surface area contributed by atoms with Gasteiger partial charge in [-0.2, -0.15) is 0 Å². The number of hydrogen-bond donors (Lipinski definition) is 1. The van der Waals surface area contributed by atoms with E-state index in [4.69, 9.17) is 9.84 Å². The third-order valence-corrected chi connectivity index (χ3v) is 3.16. The van der Waals surface area contributed by atoms with Crippen molar-refractivity contribution in [2.24, 2.45) is 0 Å². The van der Waals surface area contributed by atoms with Crippen LogP contribution in [0.3, 0.4) is 0 Å². The minimum absolute atomic E-state index is 0.637. The molecule has 3 nitrogen and oxygen atoms in total. The van der Waals surface area contributed by atoms with Crippen molar-refractivity contribution in [3.05, 3.63) is 12.7 Å². The van der Waals surface area contributed by atoms with Crippen LogP contribution in [0, 0.1) is 0 Å². The van der Waals surface area contributed by atoms with E-state index in [1.165, 1.54) is 51.4 Å². The van der Waals surface area contributed by atoms with Gasteiger partial charge >= 0.3 is 5.97 Å². The quantitative estimate of drug-likeness (QED) is 0.752. The highest BCUT2D eigenvalue weighted by atomic mass is 16.5. The van der Waals surface area contributed by atoms with Crippen molar-refractivity contribution in [3.63, 3.8) is 0 Å². The number of carboxylic acid groups (broad SMARTS) is 1. The topological polar surface area (TPSA) is 46.5 Å². The molecule has 2 saturated carbocycles. The van der Waals surface area contributed by atoms with Crippen LogP contribution < -0.4 is 0 Å². The predicted octanol–water partition coefficient (Wildman–Crippen LogP) is 3.15. The maximum Gasteiger partial charge on any atom is 0.327 e. The van der Waals surface area contributed by atoms with Gasteiger partial charge < -0.3 is 9.84 Å². The summed E-state index contributed by atoms with van der Waals surface area (Å²) in [5.41, 5.74) is 0. The van der Waals surface area contributed by atoms with Crippen LogP contribution in [0.5, 0.6) is 0 Å². The van der Waals surface area contributed by atoms with Gasteiger partial charge in [-0.05, 0) is 25.7 Å². The highest BCUT2D eigenvalue weighted by molar-refractivity contribution is 5.78. The van der Waals surface area contributed by atoms with E-state index < -0.39 is 5.97 Å². The van der Waals surface area contributed by atoms with Crippen LogP contribution >= 0.6 is 0 Å². The molecular weight excluding hydrogens is 204 g/mol. The molecule has 0 aliphatic heterocycles. The Morgan fingerprint density at radius 3 is 1.62 bits per heavy atom. The van der Waals surface area contributed by atoms with Gasteiger partial charge in [-0.1, -0.05) is 32.3 Å². The summed E-state index contributed by atoms with van der Waals surface area (Å²) in [6, 6.07) is 0. The summed E-state index contributed by atoms with van der Waals surface area (Å²) >= 11 is 0. The smallest absolute Gasteiger partial charge is 0.327 e. The van der Waals surface area contributed by atoms with E-state index in [9.17, 15) is 4.79 Å².